The number of halogens is 3. The first kappa shape index (κ1) is 13.5. The molecule has 0 aliphatic carbocycles. The fourth-order valence-corrected chi connectivity index (χ4v) is 1.82. The topological polar surface area (TPSA) is 69.4 Å². The number of nitro groups is 1. The Morgan fingerprint density at radius 2 is 2.12 bits per heavy atom. The van der Waals surface area contributed by atoms with Crippen molar-refractivity contribution in [2.24, 2.45) is 0 Å². The summed E-state index contributed by atoms with van der Waals surface area (Å²) in [5.74, 6) is -1.34. The van der Waals surface area contributed by atoms with E-state index in [0.29, 0.717) is 0 Å². The average Bonchev–Trinajstić information content (AvgIpc) is 2.15. The molecule has 0 heterocycles. The van der Waals surface area contributed by atoms with Gasteiger partial charge in [0.15, 0.2) is 5.78 Å². The van der Waals surface area contributed by atoms with Gasteiger partial charge in [0.2, 0.25) is 5.75 Å². The van der Waals surface area contributed by atoms with Gasteiger partial charge in [-0.2, -0.15) is 8.78 Å². The van der Waals surface area contributed by atoms with Crippen LogP contribution in [0.4, 0.5) is 14.5 Å². The third kappa shape index (κ3) is 2.96. The fraction of sp³-hybridized carbons (Fsp3) is 0.222. The van der Waals surface area contributed by atoms with Crippen LogP contribution in [0.5, 0.6) is 5.75 Å². The Bertz CT molecular complexity index is 478. The van der Waals surface area contributed by atoms with Gasteiger partial charge in [0, 0.05) is 10.5 Å². The van der Waals surface area contributed by atoms with E-state index in [1.807, 2.05) is 0 Å². The Balaban J connectivity index is 3.49. The molecular weight excluding hydrogens is 304 g/mol. The van der Waals surface area contributed by atoms with E-state index in [1.54, 1.807) is 0 Å². The molecule has 0 fully saturated rings. The number of nitrogens with zero attached hydrogens (tertiary/aromatic N) is 1. The van der Waals surface area contributed by atoms with Crippen LogP contribution < -0.4 is 4.74 Å². The summed E-state index contributed by atoms with van der Waals surface area (Å²) in [5.41, 5.74) is -0.960. The molecule has 17 heavy (non-hydrogen) atoms. The van der Waals surface area contributed by atoms with Crippen molar-refractivity contribution >= 4 is 27.4 Å². The highest BCUT2D eigenvalue weighted by Gasteiger charge is 2.26. The molecule has 0 N–H and O–H groups in total. The number of rotatable bonds is 4. The van der Waals surface area contributed by atoms with Crippen molar-refractivity contribution in [1.29, 1.82) is 0 Å². The standard InChI is InChI=1S/C9H6BrF2NO4/c1-4(14)7-5(10)2-3-6(13(15)16)8(7)17-9(11)12/h2-3,9H,1H3. The number of carbonyl (C=O) groups excluding carboxylic acids is 1. The van der Waals surface area contributed by atoms with Crippen molar-refractivity contribution in [3.63, 3.8) is 0 Å². The van der Waals surface area contributed by atoms with Gasteiger partial charge < -0.3 is 4.74 Å². The number of ether oxygens (including phenoxy) is 1. The van der Waals surface area contributed by atoms with Gasteiger partial charge in [-0.05, 0) is 28.9 Å². The first-order chi connectivity index (χ1) is 7.84. The minimum atomic E-state index is -3.25. The summed E-state index contributed by atoms with van der Waals surface area (Å²) in [6.07, 6.45) is 0. The number of nitro benzene ring substituents is 1. The van der Waals surface area contributed by atoms with E-state index in [2.05, 4.69) is 20.7 Å². The molecule has 0 bridgehead atoms. The van der Waals surface area contributed by atoms with Crippen LogP contribution in [0.3, 0.4) is 0 Å². The summed E-state index contributed by atoms with van der Waals surface area (Å²) >= 11 is 2.95. The number of hydrogen-bond donors (Lipinski definition) is 0. The second kappa shape index (κ2) is 5.17. The molecule has 0 radical (unpaired) electrons. The Morgan fingerprint density at radius 3 is 2.53 bits per heavy atom. The highest BCUT2D eigenvalue weighted by molar-refractivity contribution is 9.10. The van der Waals surface area contributed by atoms with E-state index in [9.17, 15) is 23.7 Å². The Hall–Kier alpha value is -1.57. The van der Waals surface area contributed by atoms with Crippen LogP contribution in [-0.4, -0.2) is 17.3 Å². The van der Waals surface area contributed by atoms with Gasteiger partial charge in [0.25, 0.3) is 0 Å². The minimum absolute atomic E-state index is 0.159. The monoisotopic (exact) mass is 309 g/mol. The molecule has 1 rings (SSSR count). The van der Waals surface area contributed by atoms with Crippen molar-refractivity contribution < 1.29 is 23.2 Å². The molecule has 0 aromatic heterocycles. The lowest BCUT2D eigenvalue weighted by Gasteiger charge is -2.10. The van der Waals surface area contributed by atoms with Gasteiger partial charge in [-0.15, -0.1) is 0 Å². The summed E-state index contributed by atoms with van der Waals surface area (Å²) < 4.78 is 28.5. The number of carbonyl (C=O) groups is 1. The lowest BCUT2D eigenvalue weighted by molar-refractivity contribution is -0.386. The molecule has 1 aromatic rings. The molecule has 0 aliphatic rings. The van der Waals surface area contributed by atoms with E-state index < -0.39 is 28.8 Å². The molecule has 0 saturated heterocycles. The Kier molecular flexibility index (Phi) is 4.11. The van der Waals surface area contributed by atoms with Crippen molar-refractivity contribution in [1.82, 2.24) is 0 Å². The highest BCUT2D eigenvalue weighted by Crippen LogP contribution is 2.37. The van der Waals surface area contributed by atoms with Crippen molar-refractivity contribution in [3.8, 4) is 5.75 Å². The molecule has 0 spiro atoms. The number of alkyl halides is 2. The quantitative estimate of drug-likeness (QED) is 0.486. The molecule has 5 nitrogen and oxygen atoms in total. The van der Waals surface area contributed by atoms with Gasteiger partial charge in [0.05, 0.1) is 10.5 Å². The Morgan fingerprint density at radius 1 is 1.53 bits per heavy atom. The van der Waals surface area contributed by atoms with Gasteiger partial charge in [-0.3, -0.25) is 14.9 Å². The number of hydrogen-bond acceptors (Lipinski definition) is 4. The maximum Gasteiger partial charge on any atom is 0.387 e. The second-order valence-corrected chi connectivity index (χ2v) is 3.82. The van der Waals surface area contributed by atoms with E-state index >= 15 is 0 Å². The molecule has 0 atom stereocenters. The SMILES string of the molecule is CC(=O)c1c(Br)ccc([N+](=O)[O-])c1OC(F)F. The predicted octanol–water partition coefficient (Wildman–Crippen LogP) is 3.16. The van der Waals surface area contributed by atoms with Gasteiger partial charge >= 0.3 is 12.3 Å². The molecule has 1 aromatic carbocycles. The summed E-state index contributed by atoms with van der Waals surface area (Å²) in [6, 6.07) is 2.21. The largest absolute Gasteiger partial charge is 0.427 e. The van der Waals surface area contributed by atoms with Gasteiger partial charge in [0.1, 0.15) is 0 Å². The predicted molar refractivity (Wildman–Crippen MR) is 57.4 cm³/mol. The summed E-state index contributed by atoms with van der Waals surface area (Å²) in [4.78, 5) is 21.0. The lowest BCUT2D eigenvalue weighted by Crippen LogP contribution is -2.09. The van der Waals surface area contributed by atoms with Gasteiger partial charge in [-0.1, -0.05) is 0 Å². The zero-order valence-corrected chi connectivity index (χ0v) is 10.0. The van der Waals surface area contributed by atoms with Crippen LogP contribution in [-0.2, 0) is 0 Å². The zero-order chi connectivity index (χ0) is 13.2. The first-order valence-electron chi connectivity index (χ1n) is 4.27. The molecule has 92 valence electrons. The van der Waals surface area contributed by atoms with E-state index in [0.717, 1.165) is 13.0 Å². The highest BCUT2D eigenvalue weighted by atomic mass is 79.9. The van der Waals surface area contributed by atoms with Crippen molar-refractivity contribution in [2.45, 2.75) is 13.5 Å². The molecule has 0 saturated carbocycles. The molecule has 0 unspecified atom stereocenters. The number of ketones is 1. The third-order valence-corrected chi connectivity index (χ3v) is 2.50. The van der Waals surface area contributed by atoms with Gasteiger partial charge in [-0.25, -0.2) is 0 Å². The van der Waals surface area contributed by atoms with E-state index in [1.165, 1.54) is 6.07 Å². The summed E-state index contributed by atoms with van der Waals surface area (Å²) in [7, 11) is 0. The van der Waals surface area contributed by atoms with Crippen LogP contribution in [0.25, 0.3) is 0 Å². The fourth-order valence-electron chi connectivity index (χ4n) is 1.23. The first-order valence-corrected chi connectivity index (χ1v) is 5.06. The van der Waals surface area contributed by atoms with Crippen LogP contribution in [0.1, 0.15) is 17.3 Å². The smallest absolute Gasteiger partial charge is 0.387 e. The van der Waals surface area contributed by atoms with Crippen LogP contribution in [0.15, 0.2) is 16.6 Å². The van der Waals surface area contributed by atoms with Crippen molar-refractivity contribution in [3.05, 3.63) is 32.3 Å². The lowest BCUT2D eigenvalue weighted by atomic mass is 10.1. The molecule has 0 amide bonds. The van der Waals surface area contributed by atoms with Crippen LogP contribution in [0.2, 0.25) is 0 Å². The molecular formula is C9H6BrF2NO4. The Labute approximate surface area is 103 Å². The minimum Gasteiger partial charge on any atom is -0.427 e. The van der Waals surface area contributed by atoms with Crippen molar-refractivity contribution in [2.75, 3.05) is 0 Å². The maximum absolute atomic E-state index is 12.2. The average molecular weight is 310 g/mol. The summed E-state index contributed by atoms with van der Waals surface area (Å²) in [5, 5.41) is 10.6. The zero-order valence-electron chi connectivity index (χ0n) is 8.45. The third-order valence-electron chi connectivity index (χ3n) is 1.84. The summed E-state index contributed by atoms with van der Waals surface area (Å²) in [6.45, 7) is -2.15. The second-order valence-electron chi connectivity index (χ2n) is 2.96. The molecule has 0 aliphatic heterocycles. The maximum atomic E-state index is 12.2. The van der Waals surface area contributed by atoms with E-state index in [4.69, 9.17) is 0 Å². The van der Waals surface area contributed by atoms with Crippen LogP contribution >= 0.6 is 15.9 Å². The number of benzene rings is 1. The number of Topliss-reactive ketones (excluding diaryl/α,β-unsaturated/α-hetero) is 1. The normalized spacial score (nSPS) is 10.4. The van der Waals surface area contributed by atoms with E-state index in [-0.39, 0.29) is 10.0 Å². The van der Waals surface area contributed by atoms with Crippen LogP contribution in [0, 0.1) is 10.1 Å². The molecule has 8 heteroatoms.